The first-order valence-electron chi connectivity index (χ1n) is 8.66. The molecular weight excluding hydrogens is 368 g/mol. The molecule has 2 aromatic carbocycles. The molecule has 0 aliphatic carbocycles. The second-order valence-corrected chi connectivity index (χ2v) is 6.16. The van der Waals surface area contributed by atoms with Gasteiger partial charge in [0.2, 0.25) is 0 Å². The molecule has 0 fully saturated rings. The third-order valence-corrected chi connectivity index (χ3v) is 4.08. The molecule has 0 aliphatic heterocycles. The zero-order valence-electron chi connectivity index (χ0n) is 15.5. The molecule has 0 aliphatic rings. The number of benzene rings is 2. The van der Waals surface area contributed by atoms with Gasteiger partial charge in [-0.3, -0.25) is 19.4 Å². The lowest BCUT2D eigenvalue weighted by molar-refractivity contribution is 0.100. The number of rotatable bonds is 5. The molecule has 3 aromatic rings. The largest absolute Gasteiger partial charge is 0.322 e. The third kappa shape index (κ3) is 4.90. The molecule has 142 valence electrons. The summed E-state index contributed by atoms with van der Waals surface area (Å²) in [5, 5.41) is 14.2. The maximum Gasteiger partial charge on any atom is 0.274 e. The van der Waals surface area contributed by atoms with E-state index in [9.17, 15) is 14.4 Å². The van der Waals surface area contributed by atoms with Crippen molar-refractivity contribution in [1.29, 1.82) is 5.26 Å². The first kappa shape index (κ1) is 19.5. The second kappa shape index (κ2) is 8.59. The number of nitrogens with one attached hydrogen (secondary N) is 2. The quantitative estimate of drug-likeness (QED) is 0.652. The maximum absolute atomic E-state index is 12.5. The summed E-state index contributed by atoms with van der Waals surface area (Å²) in [7, 11) is 0. The van der Waals surface area contributed by atoms with Gasteiger partial charge in [0.15, 0.2) is 5.78 Å². The Balaban J connectivity index is 1.70. The van der Waals surface area contributed by atoms with Crippen LogP contribution in [0.2, 0.25) is 0 Å². The number of Topliss-reactive ketones (excluding diaryl/α,β-unsaturated/α-hetero) is 1. The Hall–Kier alpha value is -4.31. The fraction of sp³-hybridized carbons (Fsp3) is 0.0455. The first-order chi connectivity index (χ1) is 14.0. The van der Waals surface area contributed by atoms with Crippen molar-refractivity contribution in [3.63, 3.8) is 0 Å². The minimum atomic E-state index is -0.477. The van der Waals surface area contributed by atoms with Crippen LogP contribution in [-0.2, 0) is 0 Å². The summed E-state index contributed by atoms with van der Waals surface area (Å²) in [6, 6.07) is 17.8. The van der Waals surface area contributed by atoms with Gasteiger partial charge in [0, 0.05) is 28.7 Å². The van der Waals surface area contributed by atoms with Gasteiger partial charge in [0.1, 0.15) is 5.69 Å². The van der Waals surface area contributed by atoms with Crippen molar-refractivity contribution in [1.82, 2.24) is 4.98 Å². The zero-order valence-corrected chi connectivity index (χ0v) is 15.5. The second-order valence-electron chi connectivity index (χ2n) is 6.16. The van der Waals surface area contributed by atoms with Gasteiger partial charge in [-0.2, -0.15) is 5.26 Å². The molecular formula is C22H16N4O3. The number of amides is 2. The Morgan fingerprint density at radius 2 is 1.41 bits per heavy atom. The van der Waals surface area contributed by atoms with E-state index in [1.165, 1.54) is 25.3 Å². The van der Waals surface area contributed by atoms with Gasteiger partial charge < -0.3 is 10.6 Å². The first-order valence-corrected chi connectivity index (χ1v) is 8.66. The Labute approximate surface area is 167 Å². The van der Waals surface area contributed by atoms with Crippen LogP contribution in [0.25, 0.3) is 0 Å². The number of nitrogens with zero attached hydrogens (tertiary/aromatic N) is 2. The van der Waals surface area contributed by atoms with Crippen LogP contribution < -0.4 is 10.6 Å². The summed E-state index contributed by atoms with van der Waals surface area (Å²) in [4.78, 5) is 40.2. The summed E-state index contributed by atoms with van der Waals surface area (Å²) in [5.74, 6) is -0.944. The van der Waals surface area contributed by atoms with E-state index in [4.69, 9.17) is 5.26 Å². The van der Waals surface area contributed by atoms with Crippen molar-refractivity contribution in [2.75, 3.05) is 10.6 Å². The Morgan fingerprint density at radius 3 is 2.00 bits per heavy atom. The standard InChI is InChI=1S/C22H16N4O3/c1-14(27)16-4-8-19(9-5-16)25-21(28)17-10-11-24-20(12-17)22(29)26-18-6-2-15(13-23)3-7-18/h2-12H,1H3,(H,25,28)(H,26,29). The normalized spacial score (nSPS) is 9.93. The van der Waals surface area contributed by atoms with Gasteiger partial charge in [-0.05, 0) is 67.6 Å². The molecule has 1 heterocycles. The van der Waals surface area contributed by atoms with Crippen LogP contribution in [0.4, 0.5) is 11.4 Å². The fourth-order valence-electron chi connectivity index (χ4n) is 2.51. The van der Waals surface area contributed by atoms with Gasteiger partial charge in [-0.1, -0.05) is 0 Å². The predicted molar refractivity (Wildman–Crippen MR) is 108 cm³/mol. The van der Waals surface area contributed by atoms with E-state index in [-0.39, 0.29) is 17.0 Å². The summed E-state index contributed by atoms with van der Waals surface area (Å²) in [6.45, 7) is 1.47. The van der Waals surface area contributed by atoms with E-state index in [0.29, 0.717) is 22.5 Å². The minimum Gasteiger partial charge on any atom is -0.322 e. The number of pyridine rings is 1. The number of hydrogen-bond donors (Lipinski definition) is 2. The zero-order chi connectivity index (χ0) is 20.8. The van der Waals surface area contributed by atoms with E-state index < -0.39 is 11.8 Å². The molecule has 0 saturated heterocycles. The molecule has 0 bridgehead atoms. The lowest BCUT2D eigenvalue weighted by atomic mass is 10.1. The summed E-state index contributed by atoms with van der Waals surface area (Å²) in [6.07, 6.45) is 1.38. The van der Waals surface area contributed by atoms with Gasteiger partial charge >= 0.3 is 0 Å². The van der Waals surface area contributed by atoms with Crippen molar-refractivity contribution >= 4 is 29.0 Å². The van der Waals surface area contributed by atoms with E-state index >= 15 is 0 Å². The molecule has 2 amide bonds. The third-order valence-electron chi connectivity index (χ3n) is 4.08. The van der Waals surface area contributed by atoms with Crippen LogP contribution in [-0.4, -0.2) is 22.6 Å². The monoisotopic (exact) mass is 384 g/mol. The smallest absolute Gasteiger partial charge is 0.274 e. The molecule has 2 N–H and O–H groups in total. The highest BCUT2D eigenvalue weighted by Crippen LogP contribution is 2.14. The minimum absolute atomic E-state index is 0.0603. The van der Waals surface area contributed by atoms with E-state index in [2.05, 4.69) is 15.6 Å². The van der Waals surface area contributed by atoms with Gasteiger partial charge in [-0.25, -0.2) is 0 Å². The van der Waals surface area contributed by atoms with Crippen molar-refractivity contribution in [3.05, 3.63) is 89.2 Å². The van der Waals surface area contributed by atoms with E-state index in [0.717, 1.165) is 0 Å². The maximum atomic E-state index is 12.5. The molecule has 7 nitrogen and oxygen atoms in total. The van der Waals surface area contributed by atoms with Crippen LogP contribution in [0, 0.1) is 11.3 Å². The lowest BCUT2D eigenvalue weighted by Gasteiger charge is -2.08. The number of anilines is 2. The summed E-state index contributed by atoms with van der Waals surface area (Å²) >= 11 is 0. The summed E-state index contributed by atoms with van der Waals surface area (Å²) < 4.78 is 0. The van der Waals surface area contributed by atoms with Crippen molar-refractivity contribution in [2.24, 2.45) is 0 Å². The highest BCUT2D eigenvalue weighted by Gasteiger charge is 2.13. The average molecular weight is 384 g/mol. The number of hydrogen-bond acceptors (Lipinski definition) is 5. The SMILES string of the molecule is CC(=O)c1ccc(NC(=O)c2ccnc(C(=O)Nc3ccc(C#N)cc3)c2)cc1. The highest BCUT2D eigenvalue weighted by atomic mass is 16.2. The molecule has 1 aromatic heterocycles. The van der Waals surface area contributed by atoms with Crippen LogP contribution in [0.5, 0.6) is 0 Å². The van der Waals surface area contributed by atoms with E-state index in [1.807, 2.05) is 6.07 Å². The topological polar surface area (TPSA) is 112 Å². The molecule has 0 atom stereocenters. The number of aromatic nitrogens is 1. The number of carbonyl (C=O) groups excluding carboxylic acids is 3. The van der Waals surface area contributed by atoms with Crippen LogP contribution in [0.3, 0.4) is 0 Å². The van der Waals surface area contributed by atoms with E-state index in [1.54, 1.807) is 48.5 Å². The molecule has 0 radical (unpaired) electrons. The van der Waals surface area contributed by atoms with Gasteiger partial charge in [-0.15, -0.1) is 0 Å². The molecule has 0 unspecified atom stereocenters. The highest BCUT2D eigenvalue weighted by molar-refractivity contribution is 6.08. The van der Waals surface area contributed by atoms with Crippen LogP contribution in [0.1, 0.15) is 43.7 Å². The van der Waals surface area contributed by atoms with Gasteiger partial charge in [0.25, 0.3) is 11.8 Å². The Bertz CT molecular complexity index is 1110. The molecule has 0 saturated carbocycles. The average Bonchev–Trinajstić information content (AvgIpc) is 2.74. The van der Waals surface area contributed by atoms with Crippen LogP contribution >= 0.6 is 0 Å². The van der Waals surface area contributed by atoms with Crippen molar-refractivity contribution in [3.8, 4) is 6.07 Å². The van der Waals surface area contributed by atoms with Crippen LogP contribution in [0.15, 0.2) is 66.9 Å². The van der Waals surface area contributed by atoms with Crippen molar-refractivity contribution in [2.45, 2.75) is 6.92 Å². The Kier molecular flexibility index (Phi) is 5.76. The molecule has 0 spiro atoms. The molecule has 7 heteroatoms. The number of nitriles is 1. The molecule has 3 rings (SSSR count). The molecule has 29 heavy (non-hydrogen) atoms. The number of carbonyl (C=O) groups is 3. The van der Waals surface area contributed by atoms with Crippen molar-refractivity contribution < 1.29 is 14.4 Å². The Morgan fingerprint density at radius 1 is 0.828 bits per heavy atom. The summed E-state index contributed by atoms with van der Waals surface area (Å²) in [5.41, 5.74) is 2.41. The van der Waals surface area contributed by atoms with Gasteiger partial charge in [0.05, 0.1) is 11.6 Å². The predicted octanol–water partition coefficient (Wildman–Crippen LogP) is 3.66. The number of ketones is 1. The lowest BCUT2D eigenvalue weighted by Crippen LogP contribution is -2.17. The fourth-order valence-corrected chi connectivity index (χ4v) is 2.51.